The molecule has 1 amide bonds. The van der Waals surface area contributed by atoms with Crippen molar-refractivity contribution in [1.29, 1.82) is 5.26 Å². The van der Waals surface area contributed by atoms with Gasteiger partial charge in [-0.15, -0.1) is 0 Å². The number of hydrogen-bond acceptors (Lipinski definition) is 3. The number of nitrogens with one attached hydrogen (secondary N) is 1. The first-order valence-corrected chi connectivity index (χ1v) is 5.53. The largest absolute Gasteiger partial charge is 0.319 e. The lowest BCUT2D eigenvalue weighted by molar-refractivity contribution is 0.101. The van der Waals surface area contributed by atoms with Crippen LogP contribution in [-0.2, 0) is 7.05 Å². The van der Waals surface area contributed by atoms with E-state index in [2.05, 4.69) is 10.4 Å². The Morgan fingerprint density at radius 3 is 2.79 bits per heavy atom. The van der Waals surface area contributed by atoms with E-state index in [0.717, 1.165) is 6.07 Å². The molecule has 0 bridgehead atoms. The van der Waals surface area contributed by atoms with Crippen molar-refractivity contribution in [2.45, 2.75) is 6.92 Å². The number of nitrogens with zero attached hydrogens (tertiary/aromatic N) is 3. The van der Waals surface area contributed by atoms with Gasteiger partial charge in [0, 0.05) is 7.05 Å². The molecule has 1 aromatic carbocycles. The van der Waals surface area contributed by atoms with Crippen LogP contribution in [0.15, 0.2) is 24.3 Å². The van der Waals surface area contributed by atoms with Crippen molar-refractivity contribution in [1.82, 2.24) is 9.78 Å². The van der Waals surface area contributed by atoms with Gasteiger partial charge in [0.1, 0.15) is 17.6 Å². The molecular formula is C13H11FN4O. The minimum absolute atomic E-state index is 0.0761. The van der Waals surface area contributed by atoms with Crippen LogP contribution in [0, 0.1) is 24.1 Å². The Bertz CT molecular complexity index is 684. The van der Waals surface area contributed by atoms with Crippen molar-refractivity contribution < 1.29 is 9.18 Å². The van der Waals surface area contributed by atoms with Crippen LogP contribution in [0.25, 0.3) is 0 Å². The van der Waals surface area contributed by atoms with Gasteiger partial charge in [-0.3, -0.25) is 9.48 Å². The number of rotatable bonds is 2. The zero-order valence-corrected chi connectivity index (χ0v) is 10.4. The second-order valence-corrected chi connectivity index (χ2v) is 4.05. The minimum Gasteiger partial charge on any atom is -0.319 e. The molecule has 0 saturated carbocycles. The van der Waals surface area contributed by atoms with Gasteiger partial charge in [0.25, 0.3) is 5.91 Å². The number of aromatic nitrogens is 2. The van der Waals surface area contributed by atoms with Crippen molar-refractivity contribution in [3.05, 3.63) is 47.0 Å². The van der Waals surface area contributed by atoms with Crippen LogP contribution in [0.3, 0.4) is 0 Å². The average molecular weight is 258 g/mol. The summed E-state index contributed by atoms with van der Waals surface area (Å²) in [6, 6.07) is 7.08. The summed E-state index contributed by atoms with van der Waals surface area (Å²) in [6.45, 7) is 1.77. The highest BCUT2D eigenvalue weighted by Gasteiger charge is 2.14. The maximum atomic E-state index is 13.0. The second-order valence-electron chi connectivity index (χ2n) is 4.05. The van der Waals surface area contributed by atoms with Crippen LogP contribution >= 0.6 is 0 Å². The van der Waals surface area contributed by atoms with E-state index in [1.807, 2.05) is 6.07 Å². The van der Waals surface area contributed by atoms with E-state index in [0.29, 0.717) is 11.4 Å². The molecule has 0 aliphatic carbocycles. The predicted molar refractivity (Wildman–Crippen MR) is 67.0 cm³/mol. The molecule has 1 N–H and O–H groups in total. The third kappa shape index (κ3) is 2.60. The first-order valence-electron chi connectivity index (χ1n) is 5.53. The van der Waals surface area contributed by atoms with Gasteiger partial charge in [0.2, 0.25) is 0 Å². The number of halogens is 1. The van der Waals surface area contributed by atoms with Gasteiger partial charge >= 0.3 is 0 Å². The number of benzene rings is 1. The van der Waals surface area contributed by atoms with Crippen molar-refractivity contribution in [3.63, 3.8) is 0 Å². The van der Waals surface area contributed by atoms with Gasteiger partial charge in [0.05, 0.1) is 16.9 Å². The second kappa shape index (κ2) is 4.90. The van der Waals surface area contributed by atoms with E-state index >= 15 is 0 Å². The van der Waals surface area contributed by atoms with E-state index in [4.69, 9.17) is 5.26 Å². The molecule has 0 aliphatic rings. The van der Waals surface area contributed by atoms with Gasteiger partial charge < -0.3 is 5.32 Å². The third-order valence-corrected chi connectivity index (χ3v) is 2.58. The van der Waals surface area contributed by atoms with Crippen molar-refractivity contribution in [3.8, 4) is 6.07 Å². The number of anilines is 1. The number of carbonyl (C=O) groups is 1. The summed E-state index contributed by atoms with van der Waals surface area (Å²) in [7, 11) is 1.65. The molecule has 0 fully saturated rings. The molecule has 96 valence electrons. The number of amides is 1. The molecule has 1 heterocycles. The summed E-state index contributed by atoms with van der Waals surface area (Å²) in [6.07, 6.45) is 0. The van der Waals surface area contributed by atoms with Gasteiger partial charge in [-0.25, -0.2) is 4.39 Å². The predicted octanol–water partition coefficient (Wildman–Crippen LogP) is 1.99. The Hall–Kier alpha value is -2.68. The quantitative estimate of drug-likeness (QED) is 0.895. The lowest BCUT2D eigenvalue weighted by Crippen LogP contribution is -2.16. The Morgan fingerprint density at radius 1 is 1.47 bits per heavy atom. The van der Waals surface area contributed by atoms with Crippen molar-refractivity contribution in [2.24, 2.45) is 7.05 Å². The maximum absolute atomic E-state index is 13.0. The Kier molecular flexibility index (Phi) is 3.29. The first-order chi connectivity index (χ1) is 9.01. The first kappa shape index (κ1) is 12.8. The number of nitriles is 1. The summed E-state index contributed by atoms with van der Waals surface area (Å²) in [4.78, 5) is 12.0. The lowest BCUT2D eigenvalue weighted by atomic mass is 10.2. The molecule has 6 heteroatoms. The summed E-state index contributed by atoms with van der Waals surface area (Å²) in [5, 5.41) is 15.5. The summed E-state index contributed by atoms with van der Waals surface area (Å²) >= 11 is 0. The van der Waals surface area contributed by atoms with Crippen LogP contribution in [0.4, 0.5) is 10.1 Å². The zero-order chi connectivity index (χ0) is 14.0. The van der Waals surface area contributed by atoms with Gasteiger partial charge in [-0.05, 0) is 31.2 Å². The monoisotopic (exact) mass is 258 g/mol. The fourth-order valence-electron chi connectivity index (χ4n) is 1.73. The van der Waals surface area contributed by atoms with Gasteiger partial charge in [-0.1, -0.05) is 0 Å². The highest BCUT2D eigenvalue weighted by atomic mass is 19.1. The molecule has 0 spiro atoms. The molecule has 0 aliphatic heterocycles. The van der Waals surface area contributed by atoms with E-state index < -0.39 is 11.7 Å². The number of aryl methyl sites for hydroxylation is 2. The highest BCUT2D eigenvalue weighted by molar-refractivity contribution is 6.03. The topological polar surface area (TPSA) is 70.7 Å². The molecule has 0 atom stereocenters. The Labute approximate surface area is 109 Å². The van der Waals surface area contributed by atoms with Crippen LogP contribution in [-0.4, -0.2) is 15.7 Å². The molecule has 2 aromatic rings. The SMILES string of the molecule is Cc1cc(C(=O)Nc2ccc(F)cc2C#N)n(C)n1. The molecule has 1 aromatic heterocycles. The van der Waals surface area contributed by atoms with Crippen LogP contribution in [0.2, 0.25) is 0 Å². The van der Waals surface area contributed by atoms with E-state index in [1.54, 1.807) is 20.0 Å². The number of carbonyl (C=O) groups excluding carboxylic acids is 1. The zero-order valence-electron chi connectivity index (χ0n) is 10.4. The number of hydrogen-bond donors (Lipinski definition) is 1. The molecule has 5 nitrogen and oxygen atoms in total. The summed E-state index contributed by atoms with van der Waals surface area (Å²) in [5.74, 6) is -0.919. The Morgan fingerprint density at radius 2 is 2.21 bits per heavy atom. The standard InChI is InChI=1S/C13H11FN4O/c1-8-5-12(18(2)17-8)13(19)16-11-4-3-10(14)6-9(11)7-15/h3-6H,1-2H3,(H,16,19). The lowest BCUT2D eigenvalue weighted by Gasteiger charge is -2.07. The van der Waals surface area contributed by atoms with E-state index in [1.165, 1.54) is 16.8 Å². The normalized spacial score (nSPS) is 10.0. The molecule has 0 radical (unpaired) electrons. The van der Waals surface area contributed by atoms with Crippen molar-refractivity contribution >= 4 is 11.6 Å². The smallest absolute Gasteiger partial charge is 0.273 e. The van der Waals surface area contributed by atoms with Crippen LogP contribution < -0.4 is 5.32 Å². The molecule has 0 saturated heterocycles. The van der Waals surface area contributed by atoms with E-state index in [9.17, 15) is 9.18 Å². The van der Waals surface area contributed by atoms with Crippen LogP contribution in [0.1, 0.15) is 21.7 Å². The molecule has 2 rings (SSSR count). The molecular weight excluding hydrogens is 247 g/mol. The van der Waals surface area contributed by atoms with Crippen molar-refractivity contribution in [2.75, 3.05) is 5.32 Å². The average Bonchev–Trinajstić information content (AvgIpc) is 2.70. The fraction of sp³-hybridized carbons (Fsp3) is 0.154. The summed E-state index contributed by atoms with van der Waals surface area (Å²) in [5.41, 5.74) is 1.43. The van der Waals surface area contributed by atoms with Gasteiger partial charge in [0.15, 0.2) is 0 Å². The van der Waals surface area contributed by atoms with Crippen LogP contribution in [0.5, 0.6) is 0 Å². The van der Waals surface area contributed by atoms with E-state index in [-0.39, 0.29) is 11.3 Å². The molecule has 19 heavy (non-hydrogen) atoms. The highest BCUT2D eigenvalue weighted by Crippen LogP contribution is 2.17. The Balaban J connectivity index is 2.29. The minimum atomic E-state index is -0.522. The maximum Gasteiger partial charge on any atom is 0.273 e. The summed E-state index contributed by atoms with van der Waals surface area (Å²) < 4.78 is 14.4. The fourth-order valence-corrected chi connectivity index (χ4v) is 1.73. The molecule has 0 unspecified atom stereocenters. The van der Waals surface area contributed by atoms with Gasteiger partial charge in [-0.2, -0.15) is 10.4 Å². The third-order valence-electron chi connectivity index (χ3n) is 2.58.